The number of oxazole rings is 1. The van der Waals surface area contributed by atoms with Crippen LogP contribution in [0.25, 0.3) is 78.4 Å². The molecular weight excluding hydrogens is 562 g/mol. The SMILES string of the molecule is CC1(C)c2ccccc2-c2c1ccc1ccc3nc(-c4cccc(-c5nc(-c6ccccc6)cc(-c6ccccc6)n5)c4)oc3c21. The molecule has 1 aliphatic rings. The van der Waals surface area contributed by atoms with E-state index in [0.29, 0.717) is 11.7 Å². The van der Waals surface area contributed by atoms with Gasteiger partial charge in [-0.3, -0.25) is 0 Å². The normalized spacial score (nSPS) is 13.2. The maximum Gasteiger partial charge on any atom is 0.227 e. The molecule has 0 aliphatic heterocycles. The molecule has 6 aromatic carbocycles. The Morgan fingerprint density at radius 2 is 1.15 bits per heavy atom. The number of nitrogens with zero attached hydrogens (tertiary/aromatic N) is 3. The molecule has 0 fully saturated rings. The predicted molar refractivity (Wildman–Crippen MR) is 186 cm³/mol. The Morgan fingerprint density at radius 3 is 1.89 bits per heavy atom. The fraction of sp³-hybridized carbons (Fsp3) is 0.0714. The Morgan fingerprint density at radius 1 is 0.522 bits per heavy atom. The zero-order chi connectivity index (χ0) is 30.8. The Kier molecular flexibility index (Phi) is 5.81. The van der Waals surface area contributed by atoms with Crippen molar-refractivity contribution < 1.29 is 4.42 Å². The largest absolute Gasteiger partial charge is 0.435 e. The first-order valence-corrected chi connectivity index (χ1v) is 15.6. The van der Waals surface area contributed by atoms with E-state index in [0.717, 1.165) is 55.5 Å². The maximum atomic E-state index is 6.70. The van der Waals surface area contributed by atoms with Crippen molar-refractivity contribution >= 4 is 21.9 Å². The van der Waals surface area contributed by atoms with Crippen LogP contribution >= 0.6 is 0 Å². The molecule has 4 nitrogen and oxygen atoms in total. The molecule has 1 aliphatic carbocycles. The van der Waals surface area contributed by atoms with Crippen molar-refractivity contribution in [3.63, 3.8) is 0 Å². The minimum atomic E-state index is -0.0909. The van der Waals surface area contributed by atoms with Gasteiger partial charge in [-0.25, -0.2) is 15.0 Å². The van der Waals surface area contributed by atoms with Crippen molar-refractivity contribution in [2.24, 2.45) is 0 Å². The Bertz CT molecular complexity index is 2380. The molecule has 0 amide bonds. The van der Waals surface area contributed by atoms with Gasteiger partial charge in [0.15, 0.2) is 11.4 Å². The van der Waals surface area contributed by atoms with E-state index in [2.05, 4.69) is 98.8 Å². The van der Waals surface area contributed by atoms with Gasteiger partial charge in [-0.1, -0.05) is 129 Å². The molecule has 2 aromatic heterocycles. The number of benzene rings is 6. The van der Waals surface area contributed by atoms with E-state index in [1.807, 2.05) is 54.6 Å². The van der Waals surface area contributed by atoms with Gasteiger partial charge in [0.2, 0.25) is 5.89 Å². The minimum Gasteiger partial charge on any atom is -0.435 e. The zero-order valence-corrected chi connectivity index (χ0v) is 25.5. The Balaban J connectivity index is 1.20. The van der Waals surface area contributed by atoms with E-state index in [1.165, 1.54) is 22.3 Å². The average Bonchev–Trinajstić information content (AvgIpc) is 3.66. The van der Waals surface area contributed by atoms with Crippen molar-refractivity contribution in [2.45, 2.75) is 19.3 Å². The zero-order valence-electron chi connectivity index (χ0n) is 25.5. The van der Waals surface area contributed by atoms with E-state index in [4.69, 9.17) is 19.4 Å². The first-order valence-electron chi connectivity index (χ1n) is 15.6. The van der Waals surface area contributed by atoms with Crippen LogP contribution in [0.4, 0.5) is 0 Å². The number of rotatable bonds is 4. The third kappa shape index (κ3) is 4.11. The molecule has 2 heterocycles. The first kappa shape index (κ1) is 26.5. The van der Waals surface area contributed by atoms with Crippen LogP contribution in [-0.2, 0) is 5.41 Å². The van der Waals surface area contributed by atoms with E-state index in [1.54, 1.807) is 0 Å². The molecule has 0 spiro atoms. The van der Waals surface area contributed by atoms with Gasteiger partial charge < -0.3 is 4.42 Å². The molecule has 0 unspecified atom stereocenters. The van der Waals surface area contributed by atoms with Crippen LogP contribution in [0.5, 0.6) is 0 Å². The third-order valence-corrected chi connectivity index (χ3v) is 9.31. The Hall–Kier alpha value is -5.87. The number of fused-ring (bicyclic) bond motifs is 7. The second kappa shape index (κ2) is 10.1. The second-order valence-corrected chi connectivity index (χ2v) is 12.5. The van der Waals surface area contributed by atoms with E-state index in [9.17, 15) is 0 Å². The fourth-order valence-electron chi connectivity index (χ4n) is 6.99. The fourth-order valence-corrected chi connectivity index (χ4v) is 6.99. The average molecular weight is 592 g/mol. The van der Waals surface area contributed by atoms with Gasteiger partial charge in [-0.15, -0.1) is 0 Å². The van der Waals surface area contributed by atoms with E-state index < -0.39 is 0 Å². The molecule has 218 valence electrons. The molecule has 0 N–H and O–H groups in total. The summed E-state index contributed by atoms with van der Waals surface area (Å²) in [7, 11) is 0. The molecule has 0 saturated heterocycles. The molecule has 8 aromatic rings. The summed E-state index contributed by atoms with van der Waals surface area (Å²) >= 11 is 0. The quantitative estimate of drug-likeness (QED) is 0.204. The topological polar surface area (TPSA) is 51.8 Å². The van der Waals surface area contributed by atoms with Gasteiger partial charge in [-0.2, -0.15) is 0 Å². The molecule has 0 saturated carbocycles. The van der Waals surface area contributed by atoms with Gasteiger partial charge in [-0.05, 0) is 51.9 Å². The first-order chi connectivity index (χ1) is 22.5. The number of hydrogen-bond donors (Lipinski definition) is 0. The lowest BCUT2D eigenvalue weighted by Crippen LogP contribution is -2.14. The lowest BCUT2D eigenvalue weighted by atomic mass is 9.82. The van der Waals surface area contributed by atoms with E-state index in [-0.39, 0.29) is 5.41 Å². The third-order valence-electron chi connectivity index (χ3n) is 9.31. The molecule has 0 radical (unpaired) electrons. The van der Waals surface area contributed by atoms with Crippen LogP contribution in [0.3, 0.4) is 0 Å². The molecule has 9 rings (SSSR count). The highest BCUT2D eigenvalue weighted by atomic mass is 16.3. The molecule has 0 bridgehead atoms. The lowest BCUT2D eigenvalue weighted by molar-refractivity contribution is 0.623. The van der Waals surface area contributed by atoms with Crippen molar-refractivity contribution in [1.82, 2.24) is 15.0 Å². The summed E-state index contributed by atoms with van der Waals surface area (Å²) in [6.07, 6.45) is 0. The van der Waals surface area contributed by atoms with Gasteiger partial charge >= 0.3 is 0 Å². The molecular formula is C42H29N3O. The van der Waals surface area contributed by atoms with Gasteiger partial charge in [0.1, 0.15) is 5.52 Å². The minimum absolute atomic E-state index is 0.0909. The smallest absolute Gasteiger partial charge is 0.227 e. The standard InChI is InChI=1S/C42H29N3O/c1-42(2)32-19-10-9-18-31(32)38-33(42)22-20-28-21-23-34-39(37(28)38)46-41(45-34)30-17-11-16-29(24-30)40-43-35(26-12-5-3-6-13-26)25-36(44-40)27-14-7-4-8-15-27/h3-25H,1-2H3. The lowest BCUT2D eigenvalue weighted by Gasteiger charge is -2.21. The summed E-state index contributed by atoms with van der Waals surface area (Å²) in [5.41, 5.74) is 12.4. The number of aromatic nitrogens is 3. The van der Waals surface area contributed by atoms with Gasteiger partial charge in [0.25, 0.3) is 0 Å². The van der Waals surface area contributed by atoms with E-state index >= 15 is 0 Å². The number of hydrogen-bond acceptors (Lipinski definition) is 4. The van der Waals surface area contributed by atoms with Crippen LogP contribution in [0, 0.1) is 0 Å². The maximum absolute atomic E-state index is 6.70. The highest BCUT2D eigenvalue weighted by Crippen LogP contribution is 2.52. The van der Waals surface area contributed by atoms with Crippen LogP contribution in [-0.4, -0.2) is 15.0 Å². The van der Waals surface area contributed by atoms with Gasteiger partial charge in [0.05, 0.1) is 11.4 Å². The second-order valence-electron chi connectivity index (χ2n) is 12.5. The van der Waals surface area contributed by atoms with Crippen molar-refractivity contribution in [3.05, 3.63) is 151 Å². The summed E-state index contributed by atoms with van der Waals surface area (Å²) in [6.45, 7) is 4.61. The molecule has 4 heteroatoms. The predicted octanol–water partition coefficient (Wildman–Crippen LogP) is 10.7. The Labute approximate surface area is 267 Å². The monoisotopic (exact) mass is 591 g/mol. The van der Waals surface area contributed by atoms with Gasteiger partial charge in [0, 0.05) is 33.1 Å². The highest BCUT2D eigenvalue weighted by Gasteiger charge is 2.36. The summed E-state index contributed by atoms with van der Waals surface area (Å²) in [4.78, 5) is 15.1. The van der Waals surface area contributed by atoms with Crippen LogP contribution in [0.2, 0.25) is 0 Å². The van der Waals surface area contributed by atoms with Crippen molar-refractivity contribution in [2.75, 3.05) is 0 Å². The van der Waals surface area contributed by atoms with Crippen LogP contribution in [0.15, 0.2) is 144 Å². The van der Waals surface area contributed by atoms with Crippen LogP contribution in [0.1, 0.15) is 25.0 Å². The molecule has 0 atom stereocenters. The highest BCUT2D eigenvalue weighted by molar-refractivity contribution is 6.14. The summed E-state index contributed by atoms with van der Waals surface area (Å²) < 4.78 is 6.70. The summed E-state index contributed by atoms with van der Waals surface area (Å²) in [5.74, 6) is 1.23. The summed E-state index contributed by atoms with van der Waals surface area (Å²) in [5, 5.41) is 2.27. The van der Waals surface area contributed by atoms with Crippen molar-refractivity contribution in [1.29, 1.82) is 0 Å². The van der Waals surface area contributed by atoms with Crippen molar-refractivity contribution in [3.8, 4) is 56.5 Å². The van der Waals surface area contributed by atoms with Crippen LogP contribution < -0.4 is 0 Å². The molecule has 46 heavy (non-hydrogen) atoms. The summed E-state index contributed by atoms with van der Waals surface area (Å²) in [6, 6.07) is 48.2.